The Balaban J connectivity index is 2.31. The first-order valence-electron chi connectivity index (χ1n) is 22.5. The van der Waals surface area contributed by atoms with Crippen LogP contribution in [0, 0.1) is 0 Å². The third-order valence-electron chi connectivity index (χ3n) is 11.2. The maximum atomic E-state index is 5.21. The van der Waals surface area contributed by atoms with Crippen LogP contribution in [-0.4, -0.2) is 15.0 Å². The lowest BCUT2D eigenvalue weighted by molar-refractivity contribution is 0.387. The molecule has 0 aromatic carbocycles. The maximum Gasteiger partial charge on any atom is 0.138 e. The van der Waals surface area contributed by atoms with E-state index < -0.39 is 0 Å². The number of aromatic nitrogens is 3. The second kappa shape index (κ2) is 30.6. The van der Waals surface area contributed by atoms with E-state index in [4.69, 9.17) is 15.0 Å². The van der Waals surface area contributed by atoms with Gasteiger partial charge in [-0.3, -0.25) is 0 Å². The third kappa shape index (κ3) is 24.8. The van der Waals surface area contributed by atoms with Crippen LogP contribution in [0.2, 0.25) is 0 Å². The van der Waals surface area contributed by atoms with Gasteiger partial charge in [-0.25, -0.2) is 15.0 Å². The zero-order valence-corrected chi connectivity index (χ0v) is 34.9. The zero-order chi connectivity index (χ0) is 35.9. The van der Waals surface area contributed by atoms with Gasteiger partial charge in [0.15, 0.2) is 0 Å². The van der Waals surface area contributed by atoms with Crippen LogP contribution in [0.25, 0.3) is 0 Å². The van der Waals surface area contributed by atoms with Crippen molar-refractivity contribution in [3.8, 4) is 0 Å². The summed E-state index contributed by atoms with van der Waals surface area (Å²) in [4.78, 5) is 15.3. The van der Waals surface area contributed by atoms with E-state index in [1.165, 1.54) is 205 Å². The molecule has 0 fully saturated rings. The van der Waals surface area contributed by atoms with Crippen molar-refractivity contribution in [1.29, 1.82) is 0 Å². The summed E-state index contributed by atoms with van der Waals surface area (Å²) in [7, 11) is 0. The Morgan fingerprint density at radius 2 is 0.551 bits per heavy atom. The van der Waals surface area contributed by atoms with Crippen LogP contribution in [0.3, 0.4) is 0 Å². The molecule has 0 bridgehead atoms. The highest BCUT2D eigenvalue weighted by atomic mass is 15.1. The Morgan fingerprint density at radius 1 is 0.306 bits per heavy atom. The summed E-state index contributed by atoms with van der Waals surface area (Å²) in [6.45, 7) is 16.3. The van der Waals surface area contributed by atoms with Gasteiger partial charge in [-0.1, -0.05) is 241 Å². The lowest BCUT2D eigenvalue weighted by Crippen LogP contribution is -2.28. The Bertz CT molecular complexity index is 796. The summed E-state index contributed by atoms with van der Waals surface area (Å²) < 4.78 is 0. The molecule has 0 spiro atoms. The Labute approximate surface area is 309 Å². The standard InChI is InChI=1S/C46H89N3/c1-8-11-13-15-17-19-21-23-25-27-29-31-33-35-37-40-45(4,5)43-47-42(39-10-3)48-44(49-43)46(6,7)41-38-36-34-32-30-28-26-24-22-20-18-16-14-12-9-2/h8-41H2,1-7H3. The summed E-state index contributed by atoms with van der Waals surface area (Å²) in [5, 5.41) is 0. The molecule has 0 aliphatic rings. The van der Waals surface area contributed by atoms with Crippen LogP contribution in [0.1, 0.15) is 278 Å². The number of nitrogens with zero attached hydrogens (tertiary/aromatic N) is 3. The van der Waals surface area contributed by atoms with E-state index >= 15 is 0 Å². The fourth-order valence-electron chi connectivity index (χ4n) is 7.46. The fraction of sp³-hybridized carbons (Fsp3) is 0.935. The summed E-state index contributed by atoms with van der Waals surface area (Å²) in [5.41, 5.74) is 0.00285. The van der Waals surface area contributed by atoms with Crippen molar-refractivity contribution in [1.82, 2.24) is 15.0 Å². The van der Waals surface area contributed by atoms with E-state index in [2.05, 4.69) is 48.5 Å². The van der Waals surface area contributed by atoms with E-state index in [1.807, 2.05) is 0 Å². The molecule has 1 aromatic rings. The molecule has 0 aliphatic heterocycles. The predicted octanol–water partition coefficient (Wildman–Crippen LogP) is 15.9. The number of unbranched alkanes of at least 4 members (excludes halogenated alkanes) is 28. The molecule has 0 saturated carbocycles. The molecule has 0 N–H and O–H groups in total. The third-order valence-corrected chi connectivity index (χ3v) is 11.2. The Kier molecular flexibility index (Phi) is 28.8. The molecular formula is C46H89N3. The van der Waals surface area contributed by atoms with Gasteiger partial charge in [0, 0.05) is 17.3 Å². The summed E-state index contributed by atoms with van der Waals surface area (Å²) in [5.74, 6) is 3.09. The first-order valence-corrected chi connectivity index (χ1v) is 22.5. The molecule has 0 saturated heterocycles. The lowest BCUT2D eigenvalue weighted by atomic mass is 9.83. The molecular weight excluding hydrogens is 595 g/mol. The molecule has 0 unspecified atom stereocenters. The van der Waals surface area contributed by atoms with Crippen LogP contribution in [0.4, 0.5) is 0 Å². The largest absolute Gasteiger partial charge is 0.217 e. The Morgan fingerprint density at radius 3 is 0.796 bits per heavy atom. The minimum Gasteiger partial charge on any atom is -0.217 e. The average Bonchev–Trinajstić information content (AvgIpc) is 3.08. The highest BCUT2D eigenvalue weighted by Crippen LogP contribution is 2.32. The summed E-state index contributed by atoms with van der Waals surface area (Å²) in [6, 6.07) is 0. The number of hydrogen-bond donors (Lipinski definition) is 0. The molecule has 3 nitrogen and oxygen atoms in total. The van der Waals surface area contributed by atoms with Gasteiger partial charge in [0.1, 0.15) is 17.5 Å². The van der Waals surface area contributed by atoms with E-state index in [1.54, 1.807) is 0 Å². The van der Waals surface area contributed by atoms with Gasteiger partial charge in [0.2, 0.25) is 0 Å². The molecule has 49 heavy (non-hydrogen) atoms. The van der Waals surface area contributed by atoms with Gasteiger partial charge in [-0.05, 0) is 19.3 Å². The van der Waals surface area contributed by atoms with E-state index in [0.717, 1.165) is 30.3 Å². The van der Waals surface area contributed by atoms with Crippen LogP contribution in [0.15, 0.2) is 0 Å². The van der Waals surface area contributed by atoms with Crippen molar-refractivity contribution in [3.05, 3.63) is 17.5 Å². The topological polar surface area (TPSA) is 38.7 Å². The first kappa shape index (κ1) is 46.0. The molecule has 0 radical (unpaired) electrons. The fourth-order valence-corrected chi connectivity index (χ4v) is 7.46. The summed E-state index contributed by atoms with van der Waals surface area (Å²) in [6.07, 6.45) is 46.8. The quantitative estimate of drug-likeness (QED) is 0.0661. The van der Waals surface area contributed by atoms with Crippen molar-refractivity contribution < 1.29 is 0 Å². The molecule has 0 atom stereocenters. The van der Waals surface area contributed by atoms with Crippen molar-refractivity contribution in [2.24, 2.45) is 0 Å². The van der Waals surface area contributed by atoms with E-state index in [0.29, 0.717) is 0 Å². The zero-order valence-electron chi connectivity index (χ0n) is 34.9. The molecule has 1 aromatic heterocycles. The average molecular weight is 684 g/mol. The summed E-state index contributed by atoms with van der Waals surface area (Å²) >= 11 is 0. The van der Waals surface area contributed by atoms with Gasteiger partial charge in [0.25, 0.3) is 0 Å². The number of rotatable bonds is 36. The minimum atomic E-state index is 0.00142. The van der Waals surface area contributed by atoms with E-state index in [9.17, 15) is 0 Å². The Hall–Kier alpha value is -0.990. The molecule has 1 rings (SSSR count). The van der Waals surface area contributed by atoms with Crippen LogP contribution in [-0.2, 0) is 17.3 Å². The molecule has 0 aliphatic carbocycles. The first-order chi connectivity index (χ1) is 23.8. The molecule has 288 valence electrons. The van der Waals surface area contributed by atoms with Crippen LogP contribution in [0.5, 0.6) is 0 Å². The van der Waals surface area contributed by atoms with Gasteiger partial charge < -0.3 is 0 Å². The second-order valence-electron chi connectivity index (χ2n) is 17.3. The van der Waals surface area contributed by atoms with Crippen molar-refractivity contribution in [2.45, 2.75) is 278 Å². The predicted molar refractivity (Wildman–Crippen MR) is 219 cm³/mol. The van der Waals surface area contributed by atoms with Crippen molar-refractivity contribution in [3.63, 3.8) is 0 Å². The van der Waals surface area contributed by atoms with Gasteiger partial charge in [-0.2, -0.15) is 0 Å². The molecule has 3 heteroatoms. The highest BCUT2D eigenvalue weighted by molar-refractivity contribution is 5.13. The van der Waals surface area contributed by atoms with Gasteiger partial charge in [-0.15, -0.1) is 0 Å². The van der Waals surface area contributed by atoms with Crippen LogP contribution >= 0.6 is 0 Å². The van der Waals surface area contributed by atoms with Crippen molar-refractivity contribution >= 4 is 0 Å². The molecule has 1 heterocycles. The smallest absolute Gasteiger partial charge is 0.138 e. The lowest BCUT2D eigenvalue weighted by Gasteiger charge is -2.28. The number of aryl methyl sites for hydroxylation is 1. The highest BCUT2D eigenvalue weighted by Gasteiger charge is 2.30. The molecule has 0 amide bonds. The van der Waals surface area contributed by atoms with Gasteiger partial charge >= 0.3 is 0 Å². The van der Waals surface area contributed by atoms with Crippen LogP contribution < -0.4 is 0 Å². The van der Waals surface area contributed by atoms with Crippen molar-refractivity contribution in [2.75, 3.05) is 0 Å². The normalized spacial score (nSPS) is 12.3. The monoisotopic (exact) mass is 684 g/mol. The SMILES string of the molecule is CCCCCCCCCCCCCCCCCC(C)(C)c1nc(CCC)nc(C(C)(C)CCCCCCCCCCCCCCCCC)n1. The number of hydrogen-bond acceptors (Lipinski definition) is 3. The second-order valence-corrected chi connectivity index (χ2v) is 17.3. The van der Waals surface area contributed by atoms with E-state index in [-0.39, 0.29) is 10.8 Å². The van der Waals surface area contributed by atoms with Gasteiger partial charge in [0.05, 0.1) is 0 Å². The maximum absolute atomic E-state index is 5.21. The minimum absolute atomic E-state index is 0.00142.